The molecule has 0 saturated heterocycles. The Bertz CT molecular complexity index is 735. The van der Waals surface area contributed by atoms with E-state index in [4.69, 9.17) is 11.6 Å². The van der Waals surface area contributed by atoms with E-state index in [9.17, 15) is 9.90 Å². The van der Waals surface area contributed by atoms with Gasteiger partial charge in [-0.1, -0.05) is 29.8 Å². The molecular weight excluding hydrogens is 417 g/mol. The van der Waals surface area contributed by atoms with Crippen LogP contribution in [-0.2, 0) is 0 Å². The van der Waals surface area contributed by atoms with Crippen molar-refractivity contribution in [3.8, 4) is 5.75 Å². The molecule has 0 spiro atoms. The van der Waals surface area contributed by atoms with E-state index in [1.54, 1.807) is 18.2 Å². The van der Waals surface area contributed by atoms with E-state index in [2.05, 4.69) is 15.8 Å². The van der Waals surface area contributed by atoms with Crippen molar-refractivity contribution in [3.63, 3.8) is 0 Å². The average Bonchev–Trinajstić information content (AvgIpc) is 2.46. The highest BCUT2D eigenvalue weighted by atomic mass is 127. The van der Waals surface area contributed by atoms with Gasteiger partial charge in [0.25, 0.3) is 0 Å². The second-order valence-corrected chi connectivity index (χ2v) is 6.06. The third-order valence-electron chi connectivity index (χ3n) is 2.82. The van der Waals surface area contributed by atoms with Gasteiger partial charge in [0.05, 0.1) is 9.78 Å². The van der Waals surface area contributed by atoms with Crippen LogP contribution in [-0.4, -0.2) is 17.4 Å². The summed E-state index contributed by atoms with van der Waals surface area (Å²) < 4.78 is 0.607. The summed E-state index contributed by atoms with van der Waals surface area (Å²) in [6, 6.07) is 10.1. The Balaban J connectivity index is 2.01. The lowest BCUT2D eigenvalue weighted by molar-refractivity contribution is 0.252. The number of carbonyl (C=O) groups excluding carboxylic acids is 1. The summed E-state index contributed by atoms with van der Waals surface area (Å²) in [6.07, 6.45) is 1.33. The number of aromatic hydroxyl groups is 1. The molecule has 2 amide bonds. The molecule has 0 saturated carbocycles. The SMILES string of the molecule is Cc1ccccc1NC(=O)NN=Cc1cc(Cl)cc(I)c1O. The Morgan fingerprint density at radius 2 is 2.09 bits per heavy atom. The first-order chi connectivity index (χ1) is 10.5. The van der Waals surface area contributed by atoms with Crippen molar-refractivity contribution >= 4 is 52.1 Å². The minimum atomic E-state index is -0.471. The highest BCUT2D eigenvalue weighted by Gasteiger charge is 2.06. The number of amides is 2. The maximum absolute atomic E-state index is 11.7. The molecule has 0 radical (unpaired) electrons. The van der Waals surface area contributed by atoms with Gasteiger partial charge in [-0.25, -0.2) is 10.2 Å². The quantitative estimate of drug-likeness (QED) is 0.390. The fourth-order valence-electron chi connectivity index (χ4n) is 1.71. The zero-order valence-corrected chi connectivity index (χ0v) is 14.5. The number of anilines is 1. The van der Waals surface area contributed by atoms with Crippen molar-refractivity contribution in [2.45, 2.75) is 6.92 Å². The van der Waals surface area contributed by atoms with Gasteiger partial charge in [-0.2, -0.15) is 5.10 Å². The molecule has 0 unspecified atom stereocenters. The zero-order valence-electron chi connectivity index (χ0n) is 11.6. The van der Waals surface area contributed by atoms with Crippen LogP contribution >= 0.6 is 34.2 Å². The van der Waals surface area contributed by atoms with E-state index < -0.39 is 6.03 Å². The first-order valence-electron chi connectivity index (χ1n) is 6.31. The van der Waals surface area contributed by atoms with Gasteiger partial charge < -0.3 is 10.4 Å². The van der Waals surface area contributed by atoms with Gasteiger partial charge in [0.1, 0.15) is 5.75 Å². The molecule has 5 nitrogen and oxygen atoms in total. The highest BCUT2D eigenvalue weighted by Crippen LogP contribution is 2.27. The first-order valence-corrected chi connectivity index (χ1v) is 7.76. The van der Waals surface area contributed by atoms with Gasteiger partial charge in [-0.05, 0) is 53.3 Å². The molecule has 2 aromatic rings. The Hall–Kier alpha value is -1.80. The number of hydrogen-bond donors (Lipinski definition) is 3. The molecule has 0 aliphatic heterocycles. The summed E-state index contributed by atoms with van der Waals surface area (Å²) in [5.41, 5.74) is 4.41. The molecule has 0 aromatic heterocycles. The number of aryl methyl sites for hydroxylation is 1. The number of rotatable bonds is 3. The van der Waals surface area contributed by atoms with Crippen molar-refractivity contribution in [3.05, 3.63) is 56.1 Å². The van der Waals surface area contributed by atoms with Gasteiger partial charge in [-0.3, -0.25) is 0 Å². The van der Waals surface area contributed by atoms with Crippen molar-refractivity contribution in [1.29, 1.82) is 0 Å². The van der Waals surface area contributed by atoms with E-state index in [0.29, 0.717) is 19.8 Å². The van der Waals surface area contributed by atoms with Crippen LogP contribution < -0.4 is 10.7 Å². The predicted octanol–water partition coefficient (Wildman–Crippen LogP) is 4.11. The van der Waals surface area contributed by atoms with Crippen LogP contribution in [0.15, 0.2) is 41.5 Å². The average molecular weight is 430 g/mol. The van der Waals surface area contributed by atoms with Crippen LogP contribution in [0.25, 0.3) is 0 Å². The topological polar surface area (TPSA) is 73.7 Å². The van der Waals surface area contributed by atoms with E-state index >= 15 is 0 Å². The lowest BCUT2D eigenvalue weighted by Crippen LogP contribution is -2.24. The van der Waals surface area contributed by atoms with Crippen molar-refractivity contribution in [2.24, 2.45) is 5.10 Å². The number of nitrogens with one attached hydrogen (secondary N) is 2. The molecule has 2 aromatic carbocycles. The van der Waals surface area contributed by atoms with Crippen molar-refractivity contribution in [2.75, 3.05) is 5.32 Å². The molecular formula is C15H13ClIN3O2. The monoisotopic (exact) mass is 429 g/mol. The largest absolute Gasteiger partial charge is 0.506 e. The number of phenolic OH excluding ortho intramolecular Hbond substituents is 1. The summed E-state index contributed by atoms with van der Waals surface area (Å²) in [5, 5.41) is 16.8. The van der Waals surface area contributed by atoms with Crippen molar-refractivity contribution < 1.29 is 9.90 Å². The number of halogens is 2. The van der Waals surface area contributed by atoms with Crippen LogP contribution in [0.3, 0.4) is 0 Å². The summed E-state index contributed by atoms with van der Waals surface area (Å²) in [7, 11) is 0. The van der Waals surface area contributed by atoms with E-state index in [-0.39, 0.29) is 5.75 Å². The normalized spacial score (nSPS) is 10.7. The molecule has 0 aliphatic rings. The maximum Gasteiger partial charge on any atom is 0.339 e. The number of hydrazone groups is 1. The maximum atomic E-state index is 11.7. The Morgan fingerprint density at radius 1 is 1.36 bits per heavy atom. The molecule has 0 atom stereocenters. The number of nitrogens with zero attached hydrogens (tertiary/aromatic N) is 1. The summed E-state index contributed by atoms with van der Waals surface area (Å²) in [5.74, 6) is 0.0647. The number of urea groups is 1. The van der Waals surface area contributed by atoms with Crippen LogP contribution in [0.5, 0.6) is 5.75 Å². The predicted molar refractivity (Wildman–Crippen MR) is 96.8 cm³/mol. The molecule has 0 heterocycles. The molecule has 0 aliphatic carbocycles. The Kier molecular flexibility index (Phi) is 5.62. The first kappa shape index (κ1) is 16.6. The van der Waals surface area contributed by atoms with Gasteiger partial charge in [-0.15, -0.1) is 0 Å². The number of hydrogen-bond acceptors (Lipinski definition) is 3. The highest BCUT2D eigenvalue weighted by molar-refractivity contribution is 14.1. The number of benzene rings is 2. The number of phenols is 1. The zero-order chi connectivity index (χ0) is 16.1. The van der Waals surface area contributed by atoms with Gasteiger partial charge in [0.2, 0.25) is 0 Å². The van der Waals surface area contributed by atoms with E-state index in [0.717, 1.165) is 5.56 Å². The lowest BCUT2D eigenvalue weighted by Gasteiger charge is -2.07. The van der Waals surface area contributed by atoms with E-state index in [1.807, 2.05) is 47.7 Å². The minimum Gasteiger partial charge on any atom is -0.506 e. The van der Waals surface area contributed by atoms with Crippen LogP contribution in [0, 0.1) is 10.5 Å². The smallest absolute Gasteiger partial charge is 0.339 e. The molecule has 3 N–H and O–H groups in total. The summed E-state index contributed by atoms with van der Waals surface area (Å²) in [6.45, 7) is 1.89. The second-order valence-electron chi connectivity index (χ2n) is 4.46. The minimum absolute atomic E-state index is 0.0647. The molecule has 22 heavy (non-hydrogen) atoms. The lowest BCUT2D eigenvalue weighted by atomic mass is 10.2. The van der Waals surface area contributed by atoms with Gasteiger partial charge in [0.15, 0.2) is 0 Å². The third-order valence-corrected chi connectivity index (χ3v) is 3.86. The molecule has 7 heteroatoms. The fourth-order valence-corrected chi connectivity index (χ4v) is 2.77. The molecule has 0 bridgehead atoms. The molecule has 2 rings (SSSR count). The second kappa shape index (κ2) is 7.46. The Morgan fingerprint density at radius 3 is 2.82 bits per heavy atom. The van der Waals surface area contributed by atoms with E-state index in [1.165, 1.54) is 6.21 Å². The molecule has 0 fully saturated rings. The Labute approximate surface area is 146 Å². The number of carbonyl (C=O) groups is 1. The standard InChI is InChI=1S/C15H13ClIN3O2/c1-9-4-2-3-5-13(9)19-15(22)20-18-8-10-6-11(16)7-12(17)14(10)21/h2-8,21H,1H3,(H2,19,20,22). The fraction of sp³-hybridized carbons (Fsp3) is 0.0667. The number of para-hydroxylation sites is 1. The van der Waals surface area contributed by atoms with Gasteiger partial charge >= 0.3 is 6.03 Å². The van der Waals surface area contributed by atoms with Crippen LogP contribution in [0.1, 0.15) is 11.1 Å². The molecule has 114 valence electrons. The van der Waals surface area contributed by atoms with Crippen LogP contribution in [0.2, 0.25) is 5.02 Å². The summed E-state index contributed by atoms with van der Waals surface area (Å²) in [4.78, 5) is 11.7. The third kappa shape index (κ3) is 4.35. The van der Waals surface area contributed by atoms with Crippen molar-refractivity contribution in [1.82, 2.24) is 5.43 Å². The van der Waals surface area contributed by atoms with Crippen LogP contribution in [0.4, 0.5) is 10.5 Å². The van der Waals surface area contributed by atoms with Gasteiger partial charge in [0, 0.05) is 16.3 Å². The summed E-state index contributed by atoms with van der Waals surface area (Å²) >= 11 is 7.87.